The van der Waals surface area contributed by atoms with Crippen molar-refractivity contribution < 1.29 is 14.3 Å². The summed E-state index contributed by atoms with van der Waals surface area (Å²) < 4.78 is 6.31. The number of esters is 1. The average molecular weight is 356 g/mol. The minimum Gasteiger partial charge on any atom is -0.464 e. The molecule has 25 heavy (non-hydrogen) atoms. The highest BCUT2D eigenvalue weighted by Gasteiger charge is 2.33. The minimum atomic E-state index is -0.580. The Labute approximate surface area is 148 Å². The molecule has 0 bridgehead atoms. The van der Waals surface area contributed by atoms with Crippen molar-refractivity contribution in [1.82, 2.24) is 14.6 Å². The highest BCUT2D eigenvalue weighted by Crippen LogP contribution is 2.42. The predicted octanol–water partition coefficient (Wildman–Crippen LogP) is 3.28. The number of ketones is 1. The monoisotopic (exact) mass is 355 g/mol. The molecule has 1 fully saturated rings. The van der Waals surface area contributed by atoms with Crippen molar-refractivity contribution in [1.29, 1.82) is 0 Å². The number of pyridine rings is 2. The van der Waals surface area contributed by atoms with Gasteiger partial charge in [0.05, 0.1) is 28.9 Å². The van der Waals surface area contributed by atoms with Gasteiger partial charge in [0.2, 0.25) is 5.78 Å². The Kier molecular flexibility index (Phi) is 3.77. The van der Waals surface area contributed by atoms with E-state index >= 15 is 0 Å². The maximum atomic E-state index is 13.1. The molecule has 0 spiro atoms. The number of nitrogens with zero attached hydrogens (tertiary/aromatic N) is 3. The Morgan fingerprint density at radius 2 is 1.96 bits per heavy atom. The molecule has 126 valence electrons. The third kappa shape index (κ3) is 2.78. The van der Waals surface area contributed by atoms with E-state index in [4.69, 9.17) is 11.6 Å². The van der Waals surface area contributed by atoms with Crippen LogP contribution in [0.25, 0.3) is 5.52 Å². The largest absolute Gasteiger partial charge is 0.464 e. The van der Waals surface area contributed by atoms with Crippen LogP contribution in [0.15, 0.2) is 36.5 Å². The van der Waals surface area contributed by atoms with Crippen molar-refractivity contribution >= 4 is 28.9 Å². The van der Waals surface area contributed by atoms with E-state index in [1.165, 1.54) is 13.2 Å². The second kappa shape index (κ2) is 5.97. The van der Waals surface area contributed by atoms with Crippen LogP contribution in [0.2, 0.25) is 5.02 Å². The van der Waals surface area contributed by atoms with Crippen LogP contribution in [0.4, 0.5) is 0 Å². The molecule has 3 aromatic heterocycles. The number of halogens is 1. The Morgan fingerprint density at radius 1 is 1.20 bits per heavy atom. The first-order valence-electron chi connectivity index (χ1n) is 7.86. The van der Waals surface area contributed by atoms with Crippen LogP contribution in [0.5, 0.6) is 0 Å². The number of methoxy groups -OCH3 is 1. The van der Waals surface area contributed by atoms with E-state index in [0.717, 1.165) is 18.5 Å². The molecule has 1 aliphatic rings. The third-order valence-corrected chi connectivity index (χ3v) is 4.41. The van der Waals surface area contributed by atoms with Gasteiger partial charge in [-0.2, -0.15) is 5.10 Å². The second-order valence-corrected chi connectivity index (χ2v) is 6.38. The Bertz CT molecular complexity index is 1010. The van der Waals surface area contributed by atoms with Crippen LogP contribution in [0.3, 0.4) is 0 Å². The van der Waals surface area contributed by atoms with Crippen LogP contribution in [0, 0.1) is 0 Å². The lowest BCUT2D eigenvalue weighted by molar-refractivity contribution is 0.0594. The Hall–Kier alpha value is -2.73. The van der Waals surface area contributed by atoms with Crippen molar-refractivity contribution in [3.8, 4) is 0 Å². The fourth-order valence-corrected chi connectivity index (χ4v) is 2.98. The van der Waals surface area contributed by atoms with Crippen molar-refractivity contribution in [2.75, 3.05) is 7.11 Å². The number of aromatic nitrogens is 3. The van der Waals surface area contributed by atoms with Gasteiger partial charge in [0, 0.05) is 12.1 Å². The lowest BCUT2D eigenvalue weighted by atomic mass is 10.0. The van der Waals surface area contributed by atoms with E-state index in [0.29, 0.717) is 16.1 Å². The fourth-order valence-electron chi connectivity index (χ4n) is 2.82. The van der Waals surface area contributed by atoms with Gasteiger partial charge < -0.3 is 4.74 Å². The molecule has 3 heterocycles. The Balaban J connectivity index is 1.85. The maximum Gasteiger partial charge on any atom is 0.356 e. The highest BCUT2D eigenvalue weighted by molar-refractivity contribution is 6.30. The van der Waals surface area contributed by atoms with Crippen LogP contribution in [-0.4, -0.2) is 33.5 Å². The molecular weight excluding hydrogens is 342 g/mol. The summed E-state index contributed by atoms with van der Waals surface area (Å²) >= 11 is 6.03. The molecule has 4 rings (SSSR count). The summed E-state index contributed by atoms with van der Waals surface area (Å²) in [7, 11) is 1.28. The summed E-state index contributed by atoms with van der Waals surface area (Å²) in [6, 6.07) is 8.22. The van der Waals surface area contributed by atoms with Crippen molar-refractivity contribution in [2.45, 2.75) is 18.8 Å². The quantitative estimate of drug-likeness (QED) is 0.530. The van der Waals surface area contributed by atoms with E-state index < -0.39 is 5.97 Å². The summed E-state index contributed by atoms with van der Waals surface area (Å²) in [5.74, 6) is -0.560. The molecule has 0 amide bonds. The smallest absolute Gasteiger partial charge is 0.356 e. The number of hydrogen-bond acceptors (Lipinski definition) is 5. The summed E-state index contributed by atoms with van der Waals surface area (Å²) in [4.78, 5) is 29.0. The number of carbonyl (C=O) groups is 2. The number of hydrogen-bond donors (Lipinski definition) is 0. The van der Waals surface area contributed by atoms with E-state index in [1.807, 2.05) is 0 Å². The molecule has 0 atom stereocenters. The number of rotatable bonds is 4. The number of carbonyl (C=O) groups excluding carboxylic acids is 2. The first-order chi connectivity index (χ1) is 12.1. The summed E-state index contributed by atoms with van der Waals surface area (Å²) in [6.07, 6.45) is 3.69. The average Bonchev–Trinajstić information content (AvgIpc) is 3.41. The van der Waals surface area contributed by atoms with Gasteiger partial charge in [-0.05, 0) is 37.1 Å². The van der Waals surface area contributed by atoms with Gasteiger partial charge in [0.25, 0.3) is 0 Å². The Morgan fingerprint density at radius 3 is 2.68 bits per heavy atom. The molecule has 1 saturated carbocycles. The second-order valence-electron chi connectivity index (χ2n) is 5.94. The molecular formula is C18H14ClN3O3. The zero-order valence-corrected chi connectivity index (χ0v) is 14.2. The molecule has 0 N–H and O–H groups in total. The van der Waals surface area contributed by atoms with Gasteiger partial charge >= 0.3 is 5.97 Å². The van der Waals surface area contributed by atoms with Gasteiger partial charge in [-0.25, -0.2) is 14.3 Å². The van der Waals surface area contributed by atoms with Crippen molar-refractivity contribution in [3.63, 3.8) is 0 Å². The van der Waals surface area contributed by atoms with E-state index in [9.17, 15) is 9.59 Å². The fraction of sp³-hybridized carbons (Fsp3) is 0.222. The van der Waals surface area contributed by atoms with E-state index in [-0.39, 0.29) is 23.1 Å². The molecule has 3 aromatic rings. The molecule has 0 aliphatic heterocycles. The highest BCUT2D eigenvalue weighted by atomic mass is 35.5. The number of fused-ring (bicyclic) bond motifs is 1. The normalized spacial score (nSPS) is 13.8. The molecule has 6 nitrogen and oxygen atoms in total. The predicted molar refractivity (Wildman–Crippen MR) is 91.2 cm³/mol. The lowest BCUT2D eigenvalue weighted by Crippen LogP contribution is -2.11. The summed E-state index contributed by atoms with van der Waals surface area (Å²) in [5, 5.41) is 5.09. The van der Waals surface area contributed by atoms with Gasteiger partial charge in [0.1, 0.15) is 11.4 Å². The standard InChI is InChI=1S/C18H14ClN3O3/c1-25-18(24)13-4-2-3-12(20-13)17(23)15-14-8-7-11(19)9-22(14)21-16(15)10-5-6-10/h2-4,7-10H,5-6H2,1H3. The molecule has 1 aliphatic carbocycles. The molecule has 0 unspecified atom stereocenters. The third-order valence-electron chi connectivity index (χ3n) is 4.19. The van der Waals surface area contributed by atoms with E-state index in [1.54, 1.807) is 35.0 Å². The molecule has 0 radical (unpaired) electrons. The number of ether oxygens (including phenoxy) is 1. The SMILES string of the molecule is COC(=O)c1cccc(C(=O)c2c(C3CC3)nn3cc(Cl)ccc23)n1. The summed E-state index contributed by atoms with van der Waals surface area (Å²) in [5.41, 5.74) is 2.25. The lowest BCUT2D eigenvalue weighted by Gasteiger charge is -2.04. The molecule has 0 aromatic carbocycles. The minimum absolute atomic E-state index is 0.0980. The molecule has 0 saturated heterocycles. The van der Waals surface area contributed by atoms with Gasteiger partial charge in [-0.3, -0.25) is 4.79 Å². The first kappa shape index (κ1) is 15.8. The topological polar surface area (TPSA) is 73.6 Å². The van der Waals surface area contributed by atoms with Crippen molar-refractivity contribution in [3.05, 3.63) is 64.2 Å². The van der Waals surface area contributed by atoms with E-state index in [2.05, 4.69) is 14.8 Å². The van der Waals surface area contributed by atoms with Gasteiger partial charge in [-0.1, -0.05) is 17.7 Å². The zero-order valence-electron chi connectivity index (χ0n) is 13.4. The van der Waals surface area contributed by atoms with Crippen LogP contribution < -0.4 is 0 Å². The van der Waals surface area contributed by atoms with Crippen LogP contribution in [0.1, 0.15) is 51.0 Å². The first-order valence-corrected chi connectivity index (χ1v) is 8.24. The summed E-state index contributed by atoms with van der Waals surface area (Å²) in [6.45, 7) is 0. The van der Waals surface area contributed by atoms with Crippen molar-refractivity contribution in [2.24, 2.45) is 0 Å². The van der Waals surface area contributed by atoms with Gasteiger partial charge in [-0.15, -0.1) is 0 Å². The van der Waals surface area contributed by atoms with Crippen LogP contribution in [-0.2, 0) is 4.74 Å². The zero-order chi connectivity index (χ0) is 17.6. The van der Waals surface area contributed by atoms with Gasteiger partial charge in [0.15, 0.2) is 0 Å². The van der Waals surface area contributed by atoms with Crippen LogP contribution >= 0.6 is 11.6 Å². The molecule has 7 heteroatoms. The maximum absolute atomic E-state index is 13.1.